The van der Waals surface area contributed by atoms with Crippen LogP contribution in [-0.2, 0) is 6.42 Å². The second-order valence-electron chi connectivity index (χ2n) is 5.39. The summed E-state index contributed by atoms with van der Waals surface area (Å²) in [4.78, 5) is 6.77. The maximum atomic E-state index is 5.89. The van der Waals surface area contributed by atoms with Crippen molar-refractivity contribution < 1.29 is 0 Å². The molecule has 0 amide bonds. The van der Waals surface area contributed by atoms with Gasteiger partial charge in [-0.05, 0) is 45.2 Å². The highest BCUT2D eigenvalue weighted by atomic mass is 15.2. The van der Waals surface area contributed by atoms with Crippen LogP contribution in [-0.4, -0.2) is 23.6 Å². The van der Waals surface area contributed by atoms with Crippen molar-refractivity contribution >= 4 is 5.82 Å². The van der Waals surface area contributed by atoms with Crippen LogP contribution in [0.4, 0.5) is 5.82 Å². The smallest absolute Gasteiger partial charge is 0.131 e. The Bertz CT molecular complexity index is 358. The van der Waals surface area contributed by atoms with Crippen LogP contribution in [0.1, 0.15) is 39.7 Å². The monoisotopic (exact) mass is 235 g/mol. The fraction of sp³-hybridized carbons (Fsp3) is 0.643. The molecule has 0 aliphatic carbocycles. The number of hydrogen-bond acceptors (Lipinski definition) is 3. The van der Waals surface area contributed by atoms with Crippen LogP contribution in [0.3, 0.4) is 0 Å². The Hall–Kier alpha value is -1.09. The molecule has 0 spiro atoms. The molecule has 1 heterocycles. The van der Waals surface area contributed by atoms with Gasteiger partial charge < -0.3 is 10.6 Å². The molecule has 0 aliphatic heterocycles. The first-order valence-electron chi connectivity index (χ1n) is 6.31. The molecule has 1 atom stereocenters. The molecular weight excluding hydrogens is 210 g/mol. The van der Waals surface area contributed by atoms with E-state index in [0.29, 0.717) is 0 Å². The zero-order chi connectivity index (χ0) is 13.1. The van der Waals surface area contributed by atoms with Crippen LogP contribution in [0.25, 0.3) is 0 Å². The van der Waals surface area contributed by atoms with Gasteiger partial charge in [0.15, 0.2) is 0 Å². The quantitative estimate of drug-likeness (QED) is 0.853. The molecule has 1 aromatic heterocycles. The second kappa shape index (κ2) is 5.50. The standard InChI is InChI=1S/C14H25N3/c1-6-14(3,4)17(5)13-12(10-11(2)15)8-7-9-16-13/h7-9,11H,6,10,15H2,1-5H3. The molecule has 0 bridgehead atoms. The number of pyridine rings is 1. The van der Waals surface area contributed by atoms with Crippen LogP contribution in [0, 0.1) is 0 Å². The zero-order valence-corrected chi connectivity index (χ0v) is 11.7. The first-order valence-corrected chi connectivity index (χ1v) is 6.31. The van der Waals surface area contributed by atoms with Gasteiger partial charge in [0.1, 0.15) is 5.82 Å². The molecule has 0 saturated heterocycles. The highest BCUT2D eigenvalue weighted by Gasteiger charge is 2.24. The molecule has 3 heteroatoms. The number of rotatable bonds is 5. The molecule has 1 rings (SSSR count). The van der Waals surface area contributed by atoms with E-state index in [4.69, 9.17) is 5.73 Å². The summed E-state index contributed by atoms with van der Waals surface area (Å²) in [6.07, 6.45) is 3.80. The SMILES string of the molecule is CCC(C)(C)N(C)c1ncccc1CC(C)N. The minimum absolute atomic E-state index is 0.112. The summed E-state index contributed by atoms with van der Waals surface area (Å²) >= 11 is 0. The largest absolute Gasteiger partial charge is 0.354 e. The maximum absolute atomic E-state index is 5.89. The zero-order valence-electron chi connectivity index (χ0n) is 11.7. The normalized spacial score (nSPS) is 13.5. The lowest BCUT2D eigenvalue weighted by Crippen LogP contribution is -2.41. The molecule has 3 nitrogen and oxygen atoms in total. The van der Waals surface area contributed by atoms with Crippen molar-refractivity contribution in [3.8, 4) is 0 Å². The number of hydrogen-bond donors (Lipinski definition) is 1. The molecule has 0 saturated carbocycles. The van der Waals surface area contributed by atoms with E-state index in [1.165, 1.54) is 5.56 Å². The third-order valence-electron chi connectivity index (χ3n) is 3.50. The van der Waals surface area contributed by atoms with E-state index in [0.717, 1.165) is 18.7 Å². The number of anilines is 1. The van der Waals surface area contributed by atoms with Gasteiger partial charge in [0.25, 0.3) is 0 Å². The topological polar surface area (TPSA) is 42.2 Å². The summed E-state index contributed by atoms with van der Waals surface area (Å²) in [6.45, 7) is 8.70. The first-order chi connectivity index (χ1) is 7.88. The van der Waals surface area contributed by atoms with Gasteiger partial charge >= 0.3 is 0 Å². The van der Waals surface area contributed by atoms with Crippen molar-refractivity contribution in [2.75, 3.05) is 11.9 Å². The fourth-order valence-corrected chi connectivity index (χ4v) is 1.76. The lowest BCUT2D eigenvalue weighted by Gasteiger charge is -2.37. The van der Waals surface area contributed by atoms with E-state index in [2.05, 4.69) is 43.8 Å². The minimum atomic E-state index is 0.112. The summed E-state index contributed by atoms with van der Waals surface area (Å²) in [5.74, 6) is 1.05. The molecule has 1 aromatic rings. The Morgan fingerprint density at radius 2 is 2.12 bits per heavy atom. The fourth-order valence-electron chi connectivity index (χ4n) is 1.76. The van der Waals surface area contributed by atoms with Gasteiger partial charge in [-0.15, -0.1) is 0 Å². The van der Waals surface area contributed by atoms with E-state index in [-0.39, 0.29) is 11.6 Å². The molecule has 1 unspecified atom stereocenters. The van der Waals surface area contributed by atoms with Crippen molar-refractivity contribution in [2.45, 2.75) is 52.1 Å². The Labute approximate surface area is 105 Å². The van der Waals surface area contributed by atoms with Gasteiger partial charge in [0.05, 0.1) is 0 Å². The summed E-state index contributed by atoms with van der Waals surface area (Å²) in [6, 6.07) is 4.26. The van der Waals surface area contributed by atoms with Crippen molar-refractivity contribution in [2.24, 2.45) is 5.73 Å². The molecular formula is C14H25N3. The van der Waals surface area contributed by atoms with E-state index >= 15 is 0 Å². The average Bonchev–Trinajstić information content (AvgIpc) is 2.28. The van der Waals surface area contributed by atoms with Crippen molar-refractivity contribution in [3.63, 3.8) is 0 Å². The Morgan fingerprint density at radius 3 is 2.65 bits per heavy atom. The van der Waals surface area contributed by atoms with E-state index in [1.807, 2.05) is 19.2 Å². The molecule has 17 heavy (non-hydrogen) atoms. The second-order valence-corrected chi connectivity index (χ2v) is 5.39. The van der Waals surface area contributed by atoms with Crippen molar-refractivity contribution in [1.29, 1.82) is 0 Å². The van der Waals surface area contributed by atoms with Crippen LogP contribution in [0.5, 0.6) is 0 Å². The summed E-state index contributed by atoms with van der Waals surface area (Å²) in [5.41, 5.74) is 7.23. The lowest BCUT2D eigenvalue weighted by atomic mass is 9.98. The summed E-state index contributed by atoms with van der Waals surface area (Å²) in [7, 11) is 2.11. The van der Waals surface area contributed by atoms with Gasteiger partial charge in [0.2, 0.25) is 0 Å². The van der Waals surface area contributed by atoms with Gasteiger partial charge in [-0.25, -0.2) is 4.98 Å². The molecule has 0 radical (unpaired) electrons. The van der Waals surface area contributed by atoms with Crippen LogP contribution >= 0.6 is 0 Å². The Morgan fingerprint density at radius 1 is 1.47 bits per heavy atom. The van der Waals surface area contributed by atoms with Crippen LogP contribution < -0.4 is 10.6 Å². The van der Waals surface area contributed by atoms with E-state index < -0.39 is 0 Å². The van der Waals surface area contributed by atoms with Crippen molar-refractivity contribution in [3.05, 3.63) is 23.9 Å². The van der Waals surface area contributed by atoms with Gasteiger partial charge in [-0.2, -0.15) is 0 Å². The average molecular weight is 235 g/mol. The molecule has 96 valence electrons. The number of nitrogens with two attached hydrogens (primary N) is 1. The van der Waals surface area contributed by atoms with Gasteiger partial charge in [0, 0.05) is 24.8 Å². The first kappa shape index (κ1) is 14.0. The van der Waals surface area contributed by atoms with Crippen molar-refractivity contribution in [1.82, 2.24) is 4.98 Å². The maximum Gasteiger partial charge on any atom is 0.131 e. The molecule has 2 N–H and O–H groups in total. The van der Waals surface area contributed by atoms with E-state index in [9.17, 15) is 0 Å². The summed E-state index contributed by atoms with van der Waals surface area (Å²) < 4.78 is 0. The summed E-state index contributed by atoms with van der Waals surface area (Å²) in [5, 5.41) is 0. The third kappa shape index (κ3) is 3.43. The Kier molecular flexibility index (Phi) is 4.52. The van der Waals surface area contributed by atoms with Gasteiger partial charge in [-0.1, -0.05) is 13.0 Å². The predicted octanol–water partition coefficient (Wildman–Crippen LogP) is 2.60. The lowest BCUT2D eigenvalue weighted by molar-refractivity contribution is 0.465. The molecule has 0 aromatic carbocycles. The highest BCUT2D eigenvalue weighted by Crippen LogP contribution is 2.26. The highest BCUT2D eigenvalue weighted by molar-refractivity contribution is 5.48. The third-order valence-corrected chi connectivity index (χ3v) is 3.50. The molecule has 0 fully saturated rings. The van der Waals surface area contributed by atoms with Crippen LogP contribution in [0.2, 0.25) is 0 Å². The molecule has 0 aliphatic rings. The number of aromatic nitrogens is 1. The minimum Gasteiger partial charge on any atom is -0.354 e. The van der Waals surface area contributed by atoms with E-state index in [1.54, 1.807) is 0 Å². The van der Waals surface area contributed by atoms with Gasteiger partial charge in [-0.3, -0.25) is 0 Å². The Balaban J connectivity index is 3.04. The number of nitrogens with zero attached hydrogens (tertiary/aromatic N) is 2. The predicted molar refractivity (Wildman–Crippen MR) is 74.4 cm³/mol. The van der Waals surface area contributed by atoms with Crippen LogP contribution in [0.15, 0.2) is 18.3 Å².